The van der Waals surface area contributed by atoms with Crippen molar-refractivity contribution in [3.8, 4) is 0 Å². The van der Waals surface area contributed by atoms with Gasteiger partial charge in [0.15, 0.2) is 15.9 Å². The molecule has 0 spiro atoms. The maximum absolute atomic E-state index is 12.6. The van der Waals surface area contributed by atoms with Crippen LogP contribution < -0.4 is 0 Å². The molecule has 0 aromatic heterocycles. The lowest BCUT2D eigenvalue weighted by molar-refractivity contribution is -0.151. The molecular weight excluding hydrogens is 358 g/mol. The van der Waals surface area contributed by atoms with Crippen molar-refractivity contribution in [2.24, 2.45) is 0 Å². The molecule has 1 amide bonds. The second-order valence-electron chi connectivity index (χ2n) is 6.45. The fourth-order valence-electron chi connectivity index (χ4n) is 2.95. The first-order valence-corrected chi connectivity index (χ1v) is 10.3. The Kier molecular flexibility index (Phi) is 6.41. The third kappa shape index (κ3) is 4.62. The minimum atomic E-state index is -3.58. The lowest BCUT2D eigenvalue weighted by Gasteiger charge is -2.36. The minimum Gasteiger partial charge on any atom is -0.449 e. The van der Waals surface area contributed by atoms with E-state index in [9.17, 15) is 18.0 Å². The molecule has 1 aliphatic heterocycles. The number of hydrogen-bond acceptors (Lipinski definition) is 6. The zero-order chi connectivity index (χ0) is 19.5. The van der Waals surface area contributed by atoms with Crippen LogP contribution >= 0.6 is 0 Å². The van der Waals surface area contributed by atoms with E-state index >= 15 is 0 Å². The smallest absolute Gasteiger partial charge is 0.340 e. The topological polar surface area (TPSA) is 90.0 Å². The molecule has 1 aromatic carbocycles. The van der Waals surface area contributed by atoms with Crippen LogP contribution in [0.4, 0.5) is 0 Å². The number of nitrogens with zero attached hydrogens (tertiary/aromatic N) is 1. The van der Waals surface area contributed by atoms with Gasteiger partial charge < -0.3 is 14.4 Å². The predicted molar refractivity (Wildman–Crippen MR) is 95.6 cm³/mol. The molecule has 8 heteroatoms. The quantitative estimate of drug-likeness (QED) is 0.719. The highest BCUT2D eigenvalue weighted by Gasteiger charge is 2.31. The number of benzene rings is 1. The van der Waals surface area contributed by atoms with Gasteiger partial charge in [0.25, 0.3) is 5.91 Å². The second kappa shape index (κ2) is 8.18. The summed E-state index contributed by atoms with van der Waals surface area (Å²) in [5.74, 6) is -1.28. The molecule has 1 saturated heterocycles. The molecule has 144 valence electrons. The molecule has 3 unspecified atom stereocenters. The normalized spacial score (nSPS) is 21.9. The van der Waals surface area contributed by atoms with Crippen LogP contribution in [0.5, 0.6) is 0 Å². The number of hydrogen-bond donors (Lipinski definition) is 0. The Labute approximate surface area is 154 Å². The predicted octanol–water partition coefficient (Wildman–Crippen LogP) is 1.66. The Morgan fingerprint density at radius 2 is 1.81 bits per heavy atom. The van der Waals surface area contributed by atoms with Crippen molar-refractivity contribution < 1.29 is 27.5 Å². The van der Waals surface area contributed by atoms with Gasteiger partial charge in [0.05, 0.1) is 28.4 Å². The molecule has 1 fully saturated rings. The summed E-state index contributed by atoms with van der Waals surface area (Å²) in [6.45, 7) is 7.58. The average molecular weight is 383 g/mol. The van der Waals surface area contributed by atoms with Gasteiger partial charge in [-0.15, -0.1) is 0 Å². The second-order valence-corrected chi connectivity index (χ2v) is 8.69. The third-order valence-corrected chi connectivity index (χ3v) is 5.97. The molecule has 0 bridgehead atoms. The highest BCUT2D eigenvalue weighted by molar-refractivity contribution is 7.91. The van der Waals surface area contributed by atoms with Crippen LogP contribution in [0, 0.1) is 0 Å². The highest BCUT2D eigenvalue weighted by Crippen LogP contribution is 2.19. The molecule has 2 rings (SSSR count). The number of amides is 1. The van der Waals surface area contributed by atoms with Crippen molar-refractivity contribution in [3.05, 3.63) is 29.8 Å². The summed E-state index contributed by atoms with van der Waals surface area (Å²) in [6.07, 6.45) is -1.21. The van der Waals surface area contributed by atoms with Gasteiger partial charge in [0.2, 0.25) is 0 Å². The van der Waals surface area contributed by atoms with Crippen LogP contribution in [0.2, 0.25) is 0 Å². The van der Waals surface area contributed by atoms with Crippen LogP contribution in [-0.4, -0.2) is 62.3 Å². The van der Waals surface area contributed by atoms with Crippen LogP contribution in [-0.2, 0) is 24.1 Å². The Balaban J connectivity index is 2.14. The Morgan fingerprint density at radius 1 is 1.23 bits per heavy atom. The SMILES string of the molecule is CCS(=O)(=O)c1ccccc1C(=O)OC(C)C(=O)N1CC(C)OC(C)C1. The number of carbonyl (C=O) groups excluding carboxylic acids is 2. The zero-order valence-electron chi connectivity index (χ0n) is 15.5. The first-order valence-electron chi connectivity index (χ1n) is 8.62. The summed E-state index contributed by atoms with van der Waals surface area (Å²) in [4.78, 5) is 26.6. The molecular formula is C18H25NO6S. The molecule has 3 atom stereocenters. The number of esters is 1. The van der Waals surface area contributed by atoms with Gasteiger partial charge in [0, 0.05) is 13.1 Å². The number of rotatable bonds is 5. The lowest BCUT2D eigenvalue weighted by atomic mass is 10.2. The van der Waals surface area contributed by atoms with Crippen molar-refractivity contribution in [2.75, 3.05) is 18.8 Å². The highest BCUT2D eigenvalue weighted by atomic mass is 32.2. The lowest BCUT2D eigenvalue weighted by Crippen LogP contribution is -2.51. The Bertz CT molecular complexity index is 766. The van der Waals surface area contributed by atoms with Gasteiger partial charge in [-0.25, -0.2) is 13.2 Å². The molecule has 0 radical (unpaired) electrons. The first kappa shape index (κ1) is 20.4. The standard InChI is InChI=1S/C18H25NO6S/c1-5-26(22,23)16-9-7-6-8-15(16)18(21)25-14(4)17(20)19-10-12(2)24-13(3)11-19/h6-9,12-14H,5,10-11H2,1-4H3. The van der Waals surface area contributed by atoms with Gasteiger partial charge in [-0.05, 0) is 32.9 Å². The van der Waals surface area contributed by atoms with E-state index in [-0.39, 0.29) is 34.3 Å². The largest absolute Gasteiger partial charge is 0.449 e. The Hall–Kier alpha value is -1.93. The Morgan fingerprint density at radius 3 is 2.38 bits per heavy atom. The molecule has 0 aliphatic carbocycles. The zero-order valence-corrected chi connectivity index (χ0v) is 16.3. The summed E-state index contributed by atoms with van der Waals surface area (Å²) < 4.78 is 35.2. The van der Waals surface area contributed by atoms with Crippen LogP contribution in [0.1, 0.15) is 38.1 Å². The summed E-state index contributed by atoms with van der Waals surface area (Å²) in [5.41, 5.74) is -0.0577. The van der Waals surface area contributed by atoms with E-state index in [2.05, 4.69) is 0 Å². The van der Waals surface area contributed by atoms with Crippen molar-refractivity contribution in [3.63, 3.8) is 0 Å². The minimum absolute atomic E-state index is 0.0577. The van der Waals surface area contributed by atoms with E-state index in [0.29, 0.717) is 13.1 Å². The summed E-state index contributed by atoms with van der Waals surface area (Å²) >= 11 is 0. The van der Waals surface area contributed by atoms with E-state index in [1.807, 2.05) is 13.8 Å². The van der Waals surface area contributed by atoms with Gasteiger partial charge in [-0.3, -0.25) is 4.79 Å². The maximum atomic E-state index is 12.6. The monoisotopic (exact) mass is 383 g/mol. The first-order chi connectivity index (χ1) is 12.2. The number of carbonyl (C=O) groups is 2. The van der Waals surface area contributed by atoms with E-state index in [1.54, 1.807) is 17.0 Å². The van der Waals surface area contributed by atoms with Gasteiger partial charge >= 0.3 is 5.97 Å². The van der Waals surface area contributed by atoms with Gasteiger partial charge in [0.1, 0.15) is 0 Å². The van der Waals surface area contributed by atoms with Crippen molar-refractivity contribution >= 4 is 21.7 Å². The van der Waals surface area contributed by atoms with E-state index in [1.165, 1.54) is 26.0 Å². The molecule has 1 aliphatic rings. The van der Waals surface area contributed by atoms with Crippen molar-refractivity contribution in [2.45, 2.75) is 50.9 Å². The summed E-state index contributed by atoms with van der Waals surface area (Å²) in [7, 11) is -3.58. The van der Waals surface area contributed by atoms with Crippen LogP contribution in [0.25, 0.3) is 0 Å². The molecule has 26 heavy (non-hydrogen) atoms. The molecule has 1 heterocycles. The summed E-state index contributed by atoms with van der Waals surface area (Å²) in [5, 5.41) is 0. The molecule has 1 aromatic rings. The number of ether oxygens (including phenoxy) is 2. The van der Waals surface area contributed by atoms with E-state index in [0.717, 1.165) is 0 Å². The average Bonchev–Trinajstić information content (AvgIpc) is 2.60. The fraction of sp³-hybridized carbons (Fsp3) is 0.556. The number of morpholine rings is 1. The number of sulfone groups is 1. The van der Waals surface area contributed by atoms with Gasteiger partial charge in [-0.1, -0.05) is 19.1 Å². The molecule has 0 N–H and O–H groups in total. The molecule has 7 nitrogen and oxygen atoms in total. The van der Waals surface area contributed by atoms with Crippen LogP contribution in [0.3, 0.4) is 0 Å². The third-order valence-electron chi connectivity index (χ3n) is 4.18. The maximum Gasteiger partial charge on any atom is 0.340 e. The van der Waals surface area contributed by atoms with Crippen LogP contribution in [0.15, 0.2) is 29.2 Å². The van der Waals surface area contributed by atoms with Gasteiger partial charge in [-0.2, -0.15) is 0 Å². The van der Waals surface area contributed by atoms with E-state index in [4.69, 9.17) is 9.47 Å². The fourth-order valence-corrected chi connectivity index (χ4v) is 4.03. The molecule has 0 saturated carbocycles. The van der Waals surface area contributed by atoms with Crippen molar-refractivity contribution in [1.29, 1.82) is 0 Å². The summed E-state index contributed by atoms with van der Waals surface area (Å²) in [6, 6.07) is 5.86. The van der Waals surface area contributed by atoms with E-state index < -0.39 is 21.9 Å². The van der Waals surface area contributed by atoms with Crippen molar-refractivity contribution in [1.82, 2.24) is 4.90 Å².